The van der Waals surface area contributed by atoms with Gasteiger partial charge in [0.05, 0.1) is 18.8 Å². The minimum absolute atomic E-state index is 0.140. The number of likely N-dealkylation sites (N-methyl/N-ethyl adjacent to an activating group) is 1. The Morgan fingerprint density at radius 1 is 1.05 bits per heavy atom. The summed E-state index contributed by atoms with van der Waals surface area (Å²) in [6.45, 7) is 0.107. The van der Waals surface area contributed by atoms with Gasteiger partial charge in [-0.25, -0.2) is 0 Å². The van der Waals surface area contributed by atoms with Crippen LogP contribution in [0.1, 0.15) is 16.1 Å². The second-order valence-electron chi connectivity index (χ2n) is 11.2. The highest BCUT2D eigenvalue weighted by Gasteiger charge is 2.45. The van der Waals surface area contributed by atoms with Crippen LogP contribution in [0.2, 0.25) is 0 Å². The number of nitrogens with one attached hydrogen (secondary N) is 2. The number of H-pyrrole nitrogens is 1. The van der Waals surface area contributed by atoms with Crippen molar-refractivity contribution in [1.82, 2.24) is 9.88 Å². The van der Waals surface area contributed by atoms with Crippen LogP contribution in [-0.4, -0.2) is 107 Å². The number of aromatic nitrogens is 1. The molecule has 3 heterocycles. The fraction of sp³-hybridized carbons (Fsp3) is 0.355. The van der Waals surface area contributed by atoms with Crippen LogP contribution in [0, 0.1) is 0 Å². The first-order valence-electron chi connectivity index (χ1n) is 14.1. The monoisotopic (exact) mass is 590 g/mol. The predicted octanol–water partition coefficient (Wildman–Crippen LogP) is 1.20. The number of aliphatic hydroxyl groups excluding tert-OH is 4. The number of nitrogens with zero attached hydrogens (tertiary/aromatic N) is 2. The summed E-state index contributed by atoms with van der Waals surface area (Å²) in [6.07, 6.45) is -6.55. The van der Waals surface area contributed by atoms with E-state index in [0.29, 0.717) is 35.8 Å². The molecule has 2 aliphatic rings. The van der Waals surface area contributed by atoms with E-state index in [-0.39, 0.29) is 18.4 Å². The first kappa shape index (κ1) is 29.1. The van der Waals surface area contributed by atoms with Gasteiger partial charge in [0.2, 0.25) is 12.2 Å². The molecule has 2 aliphatic heterocycles. The van der Waals surface area contributed by atoms with E-state index in [1.54, 1.807) is 28.0 Å². The Bertz CT molecular complexity index is 1690. The van der Waals surface area contributed by atoms with Crippen molar-refractivity contribution < 1.29 is 39.5 Å². The number of benzene rings is 3. The summed E-state index contributed by atoms with van der Waals surface area (Å²) in [6, 6.07) is 16.4. The fourth-order valence-corrected chi connectivity index (χ4v) is 5.79. The van der Waals surface area contributed by atoms with Crippen LogP contribution in [0.25, 0.3) is 21.7 Å². The lowest BCUT2D eigenvalue weighted by Crippen LogP contribution is -2.60. The third kappa shape index (κ3) is 5.44. The van der Waals surface area contributed by atoms with Crippen LogP contribution >= 0.6 is 0 Å². The second kappa shape index (κ2) is 11.6. The number of fused-ring (bicyclic) bond motifs is 4. The van der Waals surface area contributed by atoms with Crippen LogP contribution in [0.5, 0.6) is 5.75 Å². The third-order valence-corrected chi connectivity index (χ3v) is 7.90. The van der Waals surface area contributed by atoms with E-state index < -0.39 is 37.3 Å². The molecular formula is C31H34N4O8. The number of aliphatic hydroxyl groups is 4. The van der Waals surface area contributed by atoms with Gasteiger partial charge >= 0.3 is 0 Å². The van der Waals surface area contributed by atoms with E-state index in [4.69, 9.17) is 9.47 Å². The maximum absolute atomic E-state index is 13.8. The standard InChI is InChI=1S/C31H34N4O8/c1-34(2)14-26(37)32-17-7-8-21-16(11-17)12-22(33-21)30(41)35-10-9-19-18-5-3-4-6-20(18)24(13-23(19)35)42-31-29(40)28(39)27(38)25(15-36)43-31/h3-8,11-13,25,27-29,31,33,36,38-40H,9-10,14-15H2,1-2H3,(H,32,37). The molecule has 6 N–H and O–H groups in total. The van der Waals surface area contributed by atoms with Crippen molar-refractivity contribution in [2.24, 2.45) is 0 Å². The van der Waals surface area contributed by atoms with E-state index >= 15 is 0 Å². The van der Waals surface area contributed by atoms with Crippen molar-refractivity contribution in [1.29, 1.82) is 0 Å². The molecule has 12 nitrogen and oxygen atoms in total. The Morgan fingerprint density at radius 3 is 2.56 bits per heavy atom. The van der Waals surface area contributed by atoms with E-state index in [1.807, 2.05) is 50.5 Å². The quantitative estimate of drug-likeness (QED) is 0.185. The van der Waals surface area contributed by atoms with Gasteiger partial charge in [-0.15, -0.1) is 0 Å². The molecule has 5 atom stereocenters. The van der Waals surface area contributed by atoms with E-state index in [9.17, 15) is 30.0 Å². The molecule has 1 saturated heterocycles. The minimum Gasteiger partial charge on any atom is -0.461 e. The highest BCUT2D eigenvalue weighted by atomic mass is 16.7. The van der Waals surface area contributed by atoms with Crippen molar-refractivity contribution in [2.75, 3.05) is 44.0 Å². The van der Waals surface area contributed by atoms with Gasteiger partial charge in [0.1, 0.15) is 35.9 Å². The van der Waals surface area contributed by atoms with Crippen LogP contribution in [0.3, 0.4) is 0 Å². The number of amides is 2. The summed E-state index contributed by atoms with van der Waals surface area (Å²) in [5, 5.41) is 45.8. The Balaban J connectivity index is 1.30. The average molecular weight is 591 g/mol. The van der Waals surface area contributed by atoms with Crippen LogP contribution in [-0.2, 0) is 16.0 Å². The molecule has 12 heteroatoms. The van der Waals surface area contributed by atoms with Crippen LogP contribution in [0.4, 0.5) is 11.4 Å². The Kier molecular flexibility index (Phi) is 7.81. The SMILES string of the molecule is CN(C)CC(=O)Nc1ccc2[nH]c(C(=O)N3CCc4c3cc(OC3OC(CO)C(O)C(O)C3O)c3ccccc43)cc2c1. The zero-order chi connectivity index (χ0) is 30.4. The molecule has 2 amide bonds. The molecule has 0 radical (unpaired) electrons. The molecule has 3 aromatic carbocycles. The number of aromatic amines is 1. The summed E-state index contributed by atoms with van der Waals surface area (Å²) < 4.78 is 11.7. The molecule has 5 unspecified atom stereocenters. The number of carbonyl (C=O) groups excluding carboxylic acids is 2. The van der Waals surface area contributed by atoms with Gasteiger partial charge in [0, 0.05) is 34.6 Å². The molecule has 0 bridgehead atoms. The Hall–Kier alpha value is -4.04. The molecule has 1 aromatic heterocycles. The topological polar surface area (TPSA) is 168 Å². The molecular weight excluding hydrogens is 556 g/mol. The maximum Gasteiger partial charge on any atom is 0.274 e. The summed E-state index contributed by atoms with van der Waals surface area (Å²) in [5.41, 5.74) is 3.36. The molecule has 0 spiro atoms. The predicted molar refractivity (Wildman–Crippen MR) is 159 cm³/mol. The van der Waals surface area contributed by atoms with E-state index in [1.165, 1.54) is 0 Å². The Morgan fingerprint density at radius 2 is 1.81 bits per heavy atom. The molecule has 1 fully saturated rings. The number of anilines is 2. The number of ether oxygens (including phenoxy) is 2. The van der Waals surface area contributed by atoms with Crippen LogP contribution < -0.4 is 15.0 Å². The number of hydrogen-bond donors (Lipinski definition) is 6. The molecule has 43 heavy (non-hydrogen) atoms. The van der Waals surface area contributed by atoms with E-state index in [2.05, 4.69) is 10.3 Å². The highest BCUT2D eigenvalue weighted by Crippen LogP contribution is 2.41. The van der Waals surface area contributed by atoms with Gasteiger partial charge < -0.3 is 50.0 Å². The van der Waals surface area contributed by atoms with Crippen LogP contribution in [0.15, 0.2) is 54.6 Å². The van der Waals surface area contributed by atoms with E-state index in [0.717, 1.165) is 27.2 Å². The smallest absolute Gasteiger partial charge is 0.274 e. The first-order valence-corrected chi connectivity index (χ1v) is 14.1. The zero-order valence-corrected chi connectivity index (χ0v) is 23.7. The lowest BCUT2D eigenvalue weighted by Gasteiger charge is -2.39. The molecule has 0 aliphatic carbocycles. The molecule has 4 aromatic rings. The lowest BCUT2D eigenvalue weighted by atomic mass is 9.99. The van der Waals surface area contributed by atoms with Crippen molar-refractivity contribution >= 4 is 44.9 Å². The zero-order valence-electron chi connectivity index (χ0n) is 23.7. The van der Waals surface area contributed by atoms with Gasteiger partial charge in [-0.2, -0.15) is 0 Å². The van der Waals surface area contributed by atoms with Crippen molar-refractivity contribution in [3.63, 3.8) is 0 Å². The van der Waals surface area contributed by atoms with Gasteiger partial charge in [-0.3, -0.25) is 9.59 Å². The summed E-state index contributed by atoms with van der Waals surface area (Å²) >= 11 is 0. The average Bonchev–Trinajstić information content (AvgIpc) is 3.61. The van der Waals surface area contributed by atoms with Gasteiger partial charge in [0.25, 0.3) is 5.91 Å². The van der Waals surface area contributed by atoms with Crippen molar-refractivity contribution in [3.8, 4) is 5.75 Å². The summed E-state index contributed by atoms with van der Waals surface area (Å²) in [5.74, 6) is -0.0748. The van der Waals surface area contributed by atoms with Crippen molar-refractivity contribution in [2.45, 2.75) is 37.1 Å². The first-order chi connectivity index (χ1) is 20.6. The highest BCUT2D eigenvalue weighted by molar-refractivity contribution is 6.11. The van der Waals surface area contributed by atoms with Gasteiger partial charge in [-0.1, -0.05) is 24.3 Å². The third-order valence-electron chi connectivity index (χ3n) is 7.90. The minimum atomic E-state index is -1.58. The fourth-order valence-electron chi connectivity index (χ4n) is 5.79. The largest absolute Gasteiger partial charge is 0.461 e. The number of rotatable bonds is 7. The van der Waals surface area contributed by atoms with Crippen molar-refractivity contribution in [3.05, 3.63) is 65.9 Å². The van der Waals surface area contributed by atoms with Gasteiger partial charge in [-0.05, 0) is 55.7 Å². The molecule has 0 saturated carbocycles. The summed E-state index contributed by atoms with van der Waals surface area (Å²) in [7, 11) is 3.63. The number of carbonyl (C=O) groups is 2. The summed E-state index contributed by atoms with van der Waals surface area (Å²) in [4.78, 5) is 32.7. The second-order valence-corrected chi connectivity index (χ2v) is 11.2. The molecule has 6 rings (SSSR count). The lowest BCUT2D eigenvalue weighted by molar-refractivity contribution is -0.277. The maximum atomic E-state index is 13.8. The number of hydrogen-bond acceptors (Lipinski definition) is 9. The molecule has 226 valence electrons. The van der Waals surface area contributed by atoms with Gasteiger partial charge in [0.15, 0.2) is 0 Å². The normalized spacial score (nSPS) is 23.6. The Labute approximate surface area is 247 Å².